The Bertz CT molecular complexity index is 719. The summed E-state index contributed by atoms with van der Waals surface area (Å²) in [6.07, 6.45) is 0. The Morgan fingerprint density at radius 3 is 2.52 bits per heavy atom. The SMILES string of the molecule is CCOC(=O)c1ccccc1NC(=O)NCCOc1ccc(Cl)cc1. The maximum atomic E-state index is 12.0. The summed E-state index contributed by atoms with van der Waals surface area (Å²) < 4.78 is 10.4. The highest BCUT2D eigenvalue weighted by molar-refractivity contribution is 6.30. The molecule has 25 heavy (non-hydrogen) atoms. The standard InChI is InChI=1S/C18H19ClN2O4/c1-2-24-17(22)15-5-3-4-6-16(15)21-18(23)20-11-12-25-14-9-7-13(19)8-10-14/h3-10H,2,11-12H2,1H3,(H2,20,21,23). The largest absolute Gasteiger partial charge is 0.492 e. The smallest absolute Gasteiger partial charge is 0.340 e. The molecule has 0 saturated heterocycles. The van der Waals surface area contributed by atoms with Gasteiger partial charge in [0, 0.05) is 5.02 Å². The Morgan fingerprint density at radius 1 is 1.08 bits per heavy atom. The van der Waals surface area contributed by atoms with Gasteiger partial charge in [-0.05, 0) is 43.3 Å². The molecule has 2 amide bonds. The van der Waals surface area contributed by atoms with Crippen LogP contribution < -0.4 is 15.4 Å². The number of esters is 1. The zero-order valence-electron chi connectivity index (χ0n) is 13.8. The van der Waals surface area contributed by atoms with Crippen LogP contribution in [0.15, 0.2) is 48.5 Å². The number of carbonyl (C=O) groups excluding carboxylic acids is 2. The summed E-state index contributed by atoms with van der Waals surface area (Å²) >= 11 is 5.79. The van der Waals surface area contributed by atoms with Crippen molar-refractivity contribution in [1.29, 1.82) is 0 Å². The zero-order valence-corrected chi connectivity index (χ0v) is 14.5. The van der Waals surface area contributed by atoms with Crippen molar-refractivity contribution < 1.29 is 19.1 Å². The first-order valence-electron chi connectivity index (χ1n) is 7.79. The molecule has 0 aliphatic rings. The maximum Gasteiger partial charge on any atom is 0.340 e. The van der Waals surface area contributed by atoms with E-state index in [1.54, 1.807) is 55.5 Å². The molecule has 2 rings (SSSR count). The third kappa shape index (κ3) is 6.00. The average Bonchev–Trinajstić information content (AvgIpc) is 2.61. The van der Waals surface area contributed by atoms with E-state index in [0.717, 1.165) is 0 Å². The molecule has 0 heterocycles. The van der Waals surface area contributed by atoms with Crippen LogP contribution in [0, 0.1) is 0 Å². The highest BCUT2D eigenvalue weighted by Crippen LogP contribution is 2.16. The first kappa shape index (κ1) is 18.6. The van der Waals surface area contributed by atoms with Crippen LogP contribution in [-0.4, -0.2) is 31.8 Å². The third-order valence-corrected chi connectivity index (χ3v) is 3.39. The van der Waals surface area contributed by atoms with Crippen LogP contribution in [-0.2, 0) is 4.74 Å². The number of hydrogen-bond acceptors (Lipinski definition) is 4. The fraction of sp³-hybridized carbons (Fsp3) is 0.222. The van der Waals surface area contributed by atoms with Crippen LogP contribution in [0.1, 0.15) is 17.3 Å². The van der Waals surface area contributed by atoms with Gasteiger partial charge in [0.1, 0.15) is 12.4 Å². The second-order valence-electron chi connectivity index (χ2n) is 4.95. The van der Waals surface area contributed by atoms with Crippen molar-refractivity contribution in [3.05, 3.63) is 59.1 Å². The molecule has 0 bridgehead atoms. The van der Waals surface area contributed by atoms with Crippen molar-refractivity contribution in [3.8, 4) is 5.75 Å². The lowest BCUT2D eigenvalue weighted by atomic mass is 10.2. The fourth-order valence-corrected chi connectivity index (χ4v) is 2.14. The van der Waals surface area contributed by atoms with E-state index < -0.39 is 12.0 Å². The monoisotopic (exact) mass is 362 g/mol. The molecule has 0 unspecified atom stereocenters. The number of rotatable bonds is 7. The first-order chi connectivity index (χ1) is 12.1. The predicted molar refractivity (Wildman–Crippen MR) is 96.4 cm³/mol. The zero-order chi connectivity index (χ0) is 18.1. The number of nitrogens with one attached hydrogen (secondary N) is 2. The minimum Gasteiger partial charge on any atom is -0.492 e. The molecule has 0 aliphatic heterocycles. The molecule has 7 heteroatoms. The van der Waals surface area contributed by atoms with Gasteiger partial charge in [-0.25, -0.2) is 9.59 Å². The van der Waals surface area contributed by atoms with Gasteiger partial charge in [0.15, 0.2) is 0 Å². The normalized spacial score (nSPS) is 10.0. The van der Waals surface area contributed by atoms with Gasteiger partial charge in [-0.2, -0.15) is 0 Å². The van der Waals surface area contributed by atoms with E-state index >= 15 is 0 Å². The molecule has 0 fully saturated rings. The maximum absolute atomic E-state index is 12.0. The summed E-state index contributed by atoms with van der Waals surface area (Å²) in [5.41, 5.74) is 0.689. The number of carbonyl (C=O) groups is 2. The average molecular weight is 363 g/mol. The lowest BCUT2D eigenvalue weighted by molar-refractivity contribution is 0.0527. The van der Waals surface area contributed by atoms with E-state index in [4.69, 9.17) is 21.1 Å². The van der Waals surface area contributed by atoms with Crippen molar-refractivity contribution >= 4 is 29.3 Å². The Morgan fingerprint density at radius 2 is 1.80 bits per heavy atom. The Labute approximate surface area is 151 Å². The highest BCUT2D eigenvalue weighted by Gasteiger charge is 2.13. The second kappa shape index (κ2) is 9.54. The van der Waals surface area contributed by atoms with E-state index in [-0.39, 0.29) is 6.61 Å². The van der Waals surface area contributed by atoms with Crippen molar-refractivity contribution in [2.24, 2.45) is 0 Å². The molecular weight excluding hydrogens is 344 g/mol. The van der Waals surface area contributed by atoms with Gasteiger partial charge in [0.2, 0.25) is 0 Å². The van der Waals surface area contributed by atoms with Crippen molar-refractivity contribution in [2.45, 2.75) is 6.92 Å². The Kier molecular flexibility index (Phi) is 7.10. The molecule has 0 aliphatic carbocycles. The molecule has 2 aromatic rings. The van der Waals surface area contributed by atoms with Crippen LogP contribution >= 0.6 is 11.6 Å². The summed E-state index contributed by atoms with van der Waals surface area (Å²) in [5.74, 6) is 0.184. The van der Waals surface area contributed by atoms with E-state index in [2.05, 4.69) is 10.6 Å². The first-order valence-corrected chi connectivity index (χ1v) is 8.17. The van der Waals surface area contributed by atoms with Gasteiger partial charge >= 0.3 is 12.0 Å². The molecule has 2 N–H and O–H groups in total. The summed E-state index contributed by atoms with van der Waals surface area (Å²) in [6.45, 7) is 2.59. The number of hydrogen-bond donors (Lipinski definition) is 2. The molecule has 0 aromatic heterocycles. The lowest BCUT2D eigenvalue weighted by Gasteiger charge is -2.11. The van der Waals surface area contributed by atoms with Gasteiger partial charge in [-0.1, -0.05) is 23.7 Å². The Balaban J connectivity index is 1.80. The summed E-state index contributed by atoms with van der Waals surface area (Å²) in [6, 6.07) is 13.2. The van der Waals surface area contributed by atoms with Crippen LogP contribution in [0.5, 0.6) is 5.75 Å². The van der Waals surface area contributed by atoms with Gasteiger partial charge in [-0.15, -0.1) is 0 Å². The molecule has 0 saturated carbocycles. The summed E-state index contributed by atoms with van der Waals surface area (Å²) in [7, 11) is 0. The summed E-state index contributed by atoms with van der Waals surface area (Å²) in [5, 5.41) is 5.92. The number of urea groups is 1. The van der Waals surface area contributed by atoms with Gasteiger partial charge in [-0.3, -0.25) is 0 Å². The Hall–Kier alpha value is -2.73. The van der Waals surface area contributed by atoms with E-state index in [1.165, 1.54) is 0 Å². The molecule has 2 aromatic carbocycles. The lowest BCUT2D eigenvalue weighted by Crippen LogP contribution is -2.32. The molecular formula is C18H19ClN2O4. The van der Waals surface area contributed by atoms with Gasteiger partial charge < -0.3 is 20.1 Å². The third-order valence-electron chi connectivity index (χ3n) is 3.14. The molecule has 132 valence electrons. The van der Waals surface area contributed by atoms with Crippen LogP contribution in [0.4, 0.5) is 10.5 Å². The fourth-order valence-electron chi connectivity index (χ4n) is 2.01. The second-order valence-corrected chi connectivity index (χ2v) is 5.39. The number of benzene rings is 2. The van der Waals surface area contributed by atoms with Crippen LogP contribution in [0.3, 0.4) is 0 Å². The minimum absolute atomic E-state index is 0.265. The van der Waals surface area contributed by atoms with Crippen LogP contribution in [0.2, 0.25) is 5.02 Å². The quantitative estimate of drug-likeness (QED) is 0.581. The molecule has 0 atom stereocenters. The highest BCUT2D eigenvalue weighted by atomic mass is 35.5. The molecule has 0 spiro atoms. The van der Waals surface area contributed by atoms with Crippen molar-refractivity contribution in [3.63, 3.8) is 0 Å². The van der Waals surface area contributed by atoms with Crippen LogP contribution in [0.25, 0.3) is 0 Å². The number of halogens is 1. The van der Waals surface area contributed by atoms with Crippen molar-refractivity contribution in [2.75, 3.05) is 25.1 Å². The number of anilines is 1. The number of para-hydroxylation sites is 1. The number of ether oxygens (including phenoxy) is 2. The van der Waals surface area contributed by atoms with Gasteiger partial charge in [0.25, 0.3) is 0 Å². The summed E-state index contributed by atoms with van der Waals surface area (Å²) in [4.78, 5) is 23.8. The minimum atomic E-state index is -0.482. The molecule has 6 nitrogen and oxygen atoms in total. The number of amides is 2. The van der Waals surface area contributed by atoms with E-state index in [9.17, 15) is 9.59 Å². The predicted octanol–water partition coefficient (Wildman–Crippen LogP) is 3.72. The van der Waals surface area contributed by atoms with Gasteiger partial charge in [0.05, 0.1) is 24.4 Å². The topological polar surface area (TPSA) is 76.7 Å². The molecule has 0 radical (unpaired) electrons. The van der Waals surface area contributed by atoms with Crippen molar-refractivity contribution in [1.82, 2.24) is 5.32 Å². The van der Waals surface area contributed by atoms with E-state index in [0.29, 0.717) is 35.2 Å². The van der Waals surface area contributed by atoms with E-state index in [1.807, 2.05) is 0 Å².